The SMILES string of the molecule is Cc1ccccc1Cc1nc(=S)cc(-c2cnn(C)c2)[nH]1. The number of rotatable bonds is 3. The smallest absolute Gasteiger partial charge is 0.130 e. The summed E-state index contributed by atoms with van der Waals surface area (Å²) in [4.78, 5) is 7.79. The van der Waals surface area contributed by atoms with Gasteiger partial charge in [0.15, 0.2) is 0 Å². The van der Waals surface area contributed by atoms with Gasteiger partial charge in [-0.15, -0.1) is 0 Å². The maximum Gasteiger partial charge on any atom is 0.130 e. The molecule has 0 fully saturated rings. The standard InChI is InChI=1S/C16H16N4S/c1-11-5-3-4-6-12(11)7-15-18-14(8-16(21)19-15)13-9-17-20(2)10-13/h3-6,8-10H,7H2,1-2H3,(H,18,19,21). The Balaban J connectivity index is 1.99. The van der Waals surface area contributed by atoms with Crippen LogP contribution in [0.3, 0.4) is 0 Å². The van der Waals surface area contributed by atoms with E-state index in [1.54, 1.807) is 4.68 Å². The summed E-state index contributed by atoms with van der Waals surface area (Å²) < 4.78 is 2.37. The van der Waals surface area contributed by atoms with Crippen LogP contribution in [0.2, 0.25) is 0 Å². The number of nitrogens with one attached hydrogen (secondary N) is 1. The van der Waals surface area contributed by atoms with Gasteiger partial charge in [-0.2, -0.15) is 5.10 Å². The molecule has 2 heterocycles. The fourth-order valence-electron chi connectivity index (χ4n) is 2.30. The van der Waals surface area contributed by atoms with Crippen LogP contribution >= 0.6 is 12.2 Å². The van der Waals surface area contributed by atoms with Crippen molar-refractivity contribution < 1.29 is 0 Å². The largest absolute Gasteiger partial charge is 0.343 e. The number of H-pyrrole nitrogens is 1. The zero-order chi connectivity index (χ0) is 14.8. The van der Waals surface area contributed by atoms with Crippen molar-refractivity contribution in [3.05, 3.63) is 64.3 Å². The first-order valence-electron chi connectivity index (χ1n) is 6.75. The number of aromatic nitrogens is 4. The zero-order valence-corrected chi connectivity index (χ0v) is 12.8. The van der Waals surface area contributed by atoms with Crippen LogP contribution < -0.4 is 0 Å². The van der Waals surface area contributed by atoms with E-state index < -0.39 is 0 Å². The maximum atomic E-state index is 5.28. The number of aryl methyl sites for hydroxylation is 2. The van der Waals surface area contributed by atoms with Crippen molar-refractivity contribution in [3.8, 4) is 11.3 Å². The number of hydrogen-bond donors (Lipinski definition) is 1. The van der Waals surface area contributed by atoms with Crippen molar-refractivity contribution in [2.75, 3.05) is 0 Å². The molecule has 1 N–H and O–H groups in total. The minimum absolute atomic E-state index is 0.594. The lowest BCUT2D eigenvalue weighted by Crippen LogP contribution is -2.00. The van der Waals surface area contributed by atoms with E-state index in [2.05, 4.69) is 34.1 Å². The number of benzene rings is 1. The molecule has 3 aromatic rings. The average molecular weight is 296 g/mol. The molecule has 0 bridgehead atoms. The van der Waals surface area contributed by atoms with Crippen molar-refractivity contribution in [1.82, 2.24) is 19.7 Å². The van der Waals surface area contributed by atoms with E-state index in [4.69, 9.17) is 12.2 Å². The van der Waals surface area contributed by atoms with Crippen molar-refractivity contribution in [3.63, 3.8) is 0 Å². The Morgan fingerprint density at radius 2 is 2.10 bits per heavy atom. The summed E-state index contributed by atoms with van der Waals surface area (Å²) >= 11 is 5.28. The van der Waals surface area contributed by atoms with Gasteiger partial charge in [-0.3, -0.25) is 4.68 Å². The molecule has 0 aliphatic carbocycles. The molecular formula is C16H16N4S. The highest BCUT2D eigenvalue weighted by Crippen LogP contribution is 2.17. The Kier molecular flexibility index (Phi) is 3.66. The molecule has 0 saturated heterocycles. The molecule has 5 heteroatoms. The Labute approximate surface area is 128 Å². The average Bonchev–Trinajstić information content (AvgIpc) is 2.88. The van der Waals surface area contributed by atoms with E-state index in [-0.39, 0.29) is 0 Å². The third-order valence-corrected chi connectivity index (χ3v) is 3.64. The lowest BCUT2D eigenvalue weighted by Gasteiger charge is -2.07. The highest BCUT2D eigenvalue weighted by atomic mass is 32.1. The molecule has 0 radical (unpaired) electrons. The van der Waals surface area contributed by atoms with E-state index in [0.29, 0.717) is 4.64 Å². The lowest BCUT2D eigenvalue weighted by molar-refractivity contribution is 0.768. The summed E-state index contributed by atoms with van der Waals surface area (Å²) in [5.74, 6) is 0.871. The molecule has 106 valence electrons. The quantitative estimate of drug-likeness (QED) is 0.753. The number of nitrogens with zero attached hydrogens (tertiary/aromatic N) is 3. The molecule has 0 amide bonds. The predicted molar refractivity (Wildman–Crippen MR) is 85.6 cm³/mol. The van der Waals surface area contributed by atoms with Crippen LogP contribution in [0.1, 0.15) is 17.0 Å². The van der Waals surface area contributed by atoms with Crippen molar-refractivity contribution in [1.29, 1.82) is 0 Å². The summed E-state index contributed by atoms with van der Waals surface area (Å²) in [6.07, 6.45) is 4.51. The first-order valence-corrected chi connectivity index (χ1v) is 7.16. The van der Waals surface area contributed by atoms with Gasteiger partial charge in [0.1, 0.15) is 10.5 Å². The van der Waals surface area contributed by atoms with Crippen LogP contribution in [0.25, 0.3) is 11.3 Å². The molecule has 0 aliphatic rings. The number of aromatic amines is 1. The van der Waals surface area contributed by atoms with E-state index in [0.717, 1.165) is 23.5 Å². The molecule has 0 saturated carbocycles. The van der Waals surface area contributed by atoms with Gasteiger partial charge in [0.2, 0.25) is 0 Å². The molecule has 21 heavy (non-hydrogen) atoms. The summed E-state index contributed by atoms with van der Waals surface area (Å²) in [6, 6.07) is 10.2. The normalized spacial score (nSPS) is 10.8. The molecule has 0 aliphatic heterocycles. The van der Waals surface area contributed by atoms with Gasteiger partial charge in [-0.05, 0) is 24.1 Å². The summed E-state index contributed by atoms with van der Waals surface area (Å²) in [5.41, 5.74) is 4.47. The molecule has 4 nitrogen and oxygen atoms in total. The number of hydrogen-bond acceptors (Lipinski definition) is 3. The minimum Gasteiger partial charge on any atom is -0.343 e. The van der Waals surface area contributed by atoms with E-state index in [1.165, 1.54) is 11.1 Å². The third-order valence-electron chi connectivity index (χ3n) is 3.43. The fraction of sp³-hybridized carbons (Fsp3) is 0.188. The van der Waals surface area contributed by atoms with Gasteiger partial charge in [0.25, 0.3) is 0 Å². The molecule has 0 atom stereocenters. The monoisotopic (exact) mass is 296 g/mol. The first-order chi connectivity index (χ1) is 10.1. The third kappa shape index (κ3) is 3.08. The van der Waals surface area contributed by atoms with E-state index in [9.17, 15) is 0 Å². The lowest BCUT2D eigenvalue weighted by atomic mass is 10.1. The van der Waals surface area contributed by atoms with Crippen molar-refractivity contribution >= 4 is 12.2 Å². The Morgan fingerprint density at radius 1 is 1.29 bits per heavy atom. The Morgan fingerprint density at radius 3 is 2.81 bits per heavy atom. The first kappa shape index (κ1) is 13.7. The maximum absolute atomic E-state index is 5.28. The van der Waals surface area contributed by atoms with Crippen molar-refractivity contribution in [2.45, 2.75) is 13.3 Å². The van der Waals surface area contributed by atoms with Crippen LogP contribution in [0.5, 0.6) is 0 Å². The molecule has 1 aromatic carbocycles. The van der Waals surface area contributed by atoms with Crippen LogP contribution in [0.15, 0.2) is 42.7 Å². The molecule has 3 rings (SSSR count). The van der Waals surface area contributed by atoms with Gasteiger partial charge in [0, 0.05) is 25.2 Å². The summed E-state index contributed by atoms with van der Waals surface area (Å²) in [7, 11) is 1.90. The van der Waals surface area contributed by atoms with Crippen LogP contribution in [0.4, 0.5) is 0 Å². The van der Waals surface area contributed by atoms with E-state index >= 15 is 0 Å². The van der Waals surface area contributed by atoms with Gasteiger partial charge >= 0.3 is 0 Å². The van der Waals surface area contributed by atoms with E-state index in [1.807, 2.05) is 37.6 Å². The zero-order valence-electron chi connectivity index (χ0n) is 12.0. The minimum atomic E-state index is 0.594. The highest BCUT2D eigenvalue weighted by Gasteiger charge is 2.06. The predicted octanol–water partition coefficient (Wildman–Crippen LogP) is 3.44. The Bertz CT molecular complexity index is 832. The molecule has 2 aromatic heterocycles. The van der Waals surface area contributed by atoms with Crippen molar-refractivity contribution in [2.24, 2.45) is 7.05 Å². The molecular weight excluding hydrogens is 280 g/mol. The second-order valence-corrected chi connectivity index (χ2v) is 5.50. The second kappa shape index (κ2) is 5.61. The fourth-order valence-corrected chi connectivity index (χ4v) is 2.52. The van der Waals surface area contributed by atoms with Crippen LogP contribution in [0, 0.1) is 11.6 Å². The summed E-state index contributed by atoms with van der Waals surface area (Å²) in [6.45, 7) is 2.11. The highest BCUT2D eigenvalue weighted by molar-refractivity contribution is 7.71. The van der Waals surface area contributed by atoms with Crippen LogP contribution in [-0.4, -0.2) is 19.7 Å². The topological polar surface area (TPSA) is 46.5 Å². The van der Waals surface area contributed by atoms with Gasteiger partial charge < -0.3 is 4.98 Å². The molecule has 0 unspecified atom stereocenters. The summed E-state index contributed by atoms with van der Waals surface area (Å²) in [5, 5.41) is 4.19. The Hall–Kier alpha value is -2.27. The van der Waals surface area contributed by atoms with Gasteiger partial charge in [-0.25, -0.2) is 4.98 Å². The van der Waals surface area contributed by atoms with Crippen LogP contribution in [-0.2, 0) is 13.5 Å². The molecule has 0 spiro atoms. The van der Waals surface area contributed by atoms with Gasteiger partial charge in [0.05, 0.1) is 11.9 Å². The second-order valence-electron chi connectivity index (χ2n) is 5.09. The van der Waals surface area contributed by atoms with Gasteiger partial charge in [-0.1, -0.05) is 36.5 Å².